The topological polar surface area (TPSA) is 0 Å². The van der Waals surface area contributed by atoms with Gasteiger partial charge in [0.1, 0.15) is 0 Å². The maximum Gasteiger partial charge on any atom is 0.0300 e. The van der Waals surface area contributed by atoms with E-state index in [1.165, 1.54) is 82.6 Å². The highest BCUT2D eigenvalue weighted by Gasteiger charge is 2.41. The summed E-state index contributed by atoms with van der Waals surface area (Å²) in [6.07, 6.45) is 29.7. The second-order valence-electron chi connectivity index (χ2n) is 10.6. The van der Waals surface area contributed by atoms with Crippen molar-refractivity contribution in [3.8, 4) is 0 Å². The molecular formula is C31H44. The largest absolute Gasteiger partial charge is 0.0839 e. The van der Waals surface area contributed by atoms with Gasteiger partial charge in [-0.25, -0.2) is 0 Å². The van der Waals surface area contributed by atoms with Gasteiger partial charge in [-0.3, -0.25) is 0 Å². The minimum absolute atomic E-state index is 0.193. The Balaban J connectivity index is 1.51. The van der Waals surface area contributed by atoms with Crippen LogP contribution in [0.4, 0.5) is 0 Å². The van der Waals surface area contributed by atoms with E-state index in [4.69, 9.17) is 0 Å². The highest BCUT2D eigenvalue weighted by atomic mass is 14.4. The van der Waals surface area contributed by atoms with Gasteiger partial charge in [-0.05, 0) is 55.4 Å². The van der Waals surface area contributed by atoms with Crippen molar-refractivity contribution in [1.29, 1.82) is 0 Å². The Kier molecular flexibility index (Phi) is 7.91. The Morgan fingerprint density at radius 1 is 0.839 bits per heavy atom. The Morgan fingerprint density at radius 2 is 1.58 bits per heavy atom. The lowest BCUT2D eigenvalue weighted by atomic mass is 9.59. The molecule has 0 amide bonds. The van der Waals surface area contributed by atoms with Gasteiger partial charge < -0.3 is 0 Å². The van der Waals surface area contributed by atoms with Crippen molar-refractivity contribution in [3.05, 3.63) is 71.8 Å². The van der Waals surface area contributed by atoms with E-state index in [2.05, 4.69) is 74.6 Å². The fourth-order valence-corrected chi connectivity index (χ4v) is 6.56. The molecule has 0 nitrogen and oxygen atoms in total. The standard InChI is InChI=1S/C31H44/c1-3-5-7-10-26-15-19-30(20-16-26)31(29-17-13-25(4-2)14-18-29)23-21-28(22-24-31)27-11-8-6-9-12-27/h6,8-9,11-12,17,21-26,28,30H,3-5,7,10,13-16,18-20H2,1-2H3. The van der Waals surface area contributed by atoms with Crippen LogP contribution in [0.3, 0.4) is 0 Å². The molecular weight excluding hydrogens is 372 g/mol. The number of hydrogen-bond donors (Lipinski definition) is 0. The van der Waals surface area contributed by atoms with Crippen LogP contribution in [0.25, 0.3) is 0 Å². The van der Waals surface area contributed by atoms with Crippen LogP contribution in [0.2, 0.25) is 0 Å². The summed E-state index contributed by atoms with van der Waals surface area (Å²) in [5.74, 6) is 3.12. The maximum atomic E-state index is 2.66. The number of allylic oxidation sites excluding steroid dienone is 6. The van der Waals surface area contributed by atoms with Gasteiger partial charge in [0.05, 0.1) is 0 Å². The zero-order valence-electron chi connectivity index (χ0n) is 20.1. The third kappa shape index (κ3) is 5.27. The molecule has 31 heavy (non-hydrogen) atoms. The van der Waals surface area contributed by atoms with E-state index in [1.807, 2.05) is 0 Å². The molecule has 0 radical (unpaired) electrons. The molecule has 0 aromatic heterocycles. The summed E-state index contributed by atoms with van der Waals surface area (Å²) in [4.78, 5) is 0. The summed E-state index contributed by atoms with van der Waals surface area (Å²) in [5, 5.41) is 0. The minimum atomic E-state index is 0.193. The van der Waals surface area contributed by atoms with Crippen LogP contribution in [-0.2, 0) is 0 Å². The summed E-state index contributed by atoms with van der Waals surface area (Å²) in [6, 6.07) is 11.0. The SMILES string of the molecule is CCCCCC1CCC(C2(C3=CCC(CC)CC3)C=CC(c3ccccc3)C=C2)CC1. The second kappa shape index (κ2) is 10.8. The molecule has 4 rings (SSSR count). The molecule has 0 heterocycles. The molecule has 3 aliphatic carbocycles. The molecule has 1 fully saturated rings. The molecule has 3 aliphatic rings. The lowest BCUT2D eigenvalue weighted by molar-refractivity contribution is 0.190. The van der Waals surface area contributed by atoms with Crippen molar-refractivity contribution in [2.45, 2.75) is 96.8 Å². The molecule has 1 saturated carbocycles. The van der Waals surface area contributed by atoms with Crippen LogP contribution in [0.15, 0.2) is 66.3 Å². The van der Waals surface area contributed by atoms with E-state index in [0.29, 0.717) is 5.92 Å². The van der Waals surface area contributed by atoms with Crippen LogP contribution >= 0.6 is 0 Å². The highest BCUT2D eigenvalue weighted by Crippen LogP contribution is 2.52. The van der Waals surface area contributed by atoms with Crippen LogP contribution < -0.4 is 0 Å². The zero-order chi connectivity index (χ0) is 21.5. The maximum absolute atomic E-state index is 2.66. The summed E-state index contributed by atoms with van der Waals surface area (Å²) in [6.45, 7) is 4.69. The van der Waals surface area contributed by atoms with E-state index in [0.717, 1.165) is 17.8 Å². The van der Waals surface area contributed by atoms with Crippen LogP contribution in [-0.4, -0.2) is 0 Å². The Bertz CT molecular complexity index is 742. The summed E-state index contributed by atoms with van der Waals surface area (Å²) >= 11 is 0. The molecule has 1 atom stereocenters. The monoisotopic (exact) mass is 416 g/mol. The first-order valence-corrected chi connectivity index (χ1v) is 13.4. The van der Waals surface area contributed by atoms with Gasteiger partial charge in [0.25, 0.3) is 0 Å². The first kappa shape index (κ1) is 22.6. The van der Waals surface area contributed by atoms with E-state index < -0.39 is 0 Å². The van der Waals surface area contributed by atoms with Crippen molar-refractivity contribution < 1.29 is 0 Å². The normalized spacial score (nSPS) is 33.3. The lowest BCUT2D eigenvalue weighted by Crippen LogP contribution is -2.34. The third-order valence-electron chi connectivity index (χ3n) is 8.73. The second-order valence-corrected chi connectivity index (χ2v) is 10.6. The van der Waals surface area contributed by atoms with Crippen molar-refractivity contribution >= 4 is 0 Å². The fraction of sp³-hybridized carbons (Fsp3) is 0.613. The van der Waals surface area contributed by atoms with Crippen LogP contribution in [0.1, 0.15) is 102 Å². The van der Waals surface area contributed by atoms with Gasteiger partial charge in [0.2, 0.25) is 0 Å². The fourth-order valence-electron chi connectivity index (χ4n) is 6.56. The molecule has 1 aromatic rings. The van der Waals surface area contributed by atoms with Gasteiger partial charge in [0.15, 0.2) is 0 Å². The number of unbranched alkanes of at least 4 members (excludes halogenated alkanes) is 2. The number of rotatable bonds is 8. The minimum Gasteiger partial charge on any atom is -0.0839 e. The van der Waals surface area contributed by atoms with Gasteiger partial charge in [-0.15, -0.1) is 0 Å². The Morgan fingerprint density at radius 3 is 2.19 bits per heavy atom. The lowest BCUT2D eigenvalue weighted by Gasteiger charge is -2.45. The van der Waals surface area contributed by atoms with Crippen molar-refractivity contribution in [3.63, 3.8) is 0 Å². The average Bonchev–Trinajstić information content (AvgIpc) is 2.85. The molecule has 0 aliphatic heterocycles. The van der Waals surface area contributed by atoms with Crippen molar-refractivity contribution in [2.24, 2.45) is 23.2 Å². The molecule has 0 heteroatoms. The van der Waals surface area contributed by atoms with Crippen LogP contribution in [0.5, 0.6) is 0 Å². The van der Waals surface area contributed by atoms with Gasteiger partial charge in [0, 0.05) is 11.3 Å². The summed E-state index contributed by atoms with van der Waals surface area (Å²) < 4.78 is 0. The van der Waals surface area contributed by atoms with Gasteiger partial charge >= 0.3 is 0 Å². The highest BCUT2D eigenvalue weighted by molar-refractivity contribution is 5.41. The first-order chi connectivity index (χ1) is 15.2. The quantitative estimate of drug-likeness (QED) is 0.292. The van der Waals surface area contributed by atoms with E-state index in [1.54, 1.807) is 5.57 Å². The van der Waals surface area contributed by atoms with Crippen LogP contribution in [0, 0.1) is 23.2 Å². The smallest absolute Gasteiger partial charge is 0.0300 e. The summed E-state index contributed by atoms with van der Waals surface area (Å²) in [5.41, 5.74) is 3.36. The number of benzene rings is 1. The summed E-state index contributed by atoms with van der Waals surface area (Å²) in [7, 11) is 0. The zero-order valence-corrected chi connectivity index (χ0v) is 20.1. The first-order valence-electron chi connectivity index (χ1n) is 13.4. The molecule has 0 saturated heterocycles. The number of hydrogen-bond acceptors (Lipinski definition) is 0. The Labute approximate surface area is 191 Å². The predicted octanol–water partition coefficient (Wildman–Crippen LogP) is 9.41. The molecule has 0 spiro atoms. The van der Waals surface area contributed by atoms with E-state index in [9.17, 15) is 0 Å². The van der Waals surface area contributed by atoms with E-state index >= 15 is 0 Å². The predicted molar refractivity (Wildman–Crippen MR) is 135 cm³/mol. The molecule has 0 N–H and O–H groups in total. The molecule has 1 aromatic carbocycles. The average molecular weight is 417 g/mol. The van der Waals surface area contributed by atoms with Gasteiger partial charge in [-0.1, -0.05) is 125 Å². The van der Waals surface area contributed by atoms with Crippen molar-refractivity contribution in [2.75, 3.05) is 0 Å². The van der Waals surface area contributed by atoms with E-state index in [-0.39, 0.29) is 5.41 Å². The molecule has 0 bridgehead atoms. The molecule has 1 unspecified atom stereocenters. The Hall–Kier alpha value is -1.56. The third-order valence-corrected chi connectivity index (χ3v) is 8.73. The van der Waals surface area contributed by atoms with Gasteiger partial charge in [-0.2, -0.15) is 0 Å². The molecule has 168 valence electrons. The van der Waals surface area contributed by atoms with Crippen molar-refractivity contribution in [1.82, 2.24) is 0 Å².